The first kappa shape index (κ1) is 15.8. The van der Waals surface area contributed by atoms with Crippen LogP contribution in [0.4, 0.5) is 0 Å². The van der Waals surface area contributed by atoms with Crippen molar-refractivity contribution in [3.8, 4) is 0 Å². The number of ether oxygens (including phenoxy) is 1. The van der Waals surface area contributed by atoms with Crippen molar-refractivity contribution in [3.05, 3.63) is 0 Å². The van der Waals surface area contributed by atoms with Crippen LogP contribution in [0.3, 0.4) is 0 Å². The van der Waals surface area contributed by atoms with Crippen molar-refractivity contribution in [2.75, 3.05) is 13.7 Å². The molecule has 0 aromatic rings. The summed E-state index contributed by atoms with van der Waals surface area (Å²) in [6.07, 6.45) is 1.12. The zero-order valence-electron chi connectivity index (χ0n) is 3.82. The third-order valence-corrected chi connectivity index (χ3v) is 0.408. The topological polar surface area (TPSA) is 9.23 Å². The molecule has 0 aliphatic carbocycles. The molecule has 0 radical (unpaired) electrons. The summed E-state index contributed by atoms with van der Waals surface area (Å²) < 4.78 is 4.69. The van der Waals surface area contributed by atoms with Crippen molar-refractivity contribution < 1.29 is 4.74 Å². The lowest BCUT2D eigenvalue weighted by atomic mass is 10.5. The van der Waals surface area contributed by atoms with Crippen LogP contribution in [0.1, 0.15) is 28.2 Å². The van der Waals surface area contributed by atoms with E-state index < -0.39 is 0 Å². The molecule has 0 unspecified atom stereocenters. The number of hydrogen-bond acceptors (Lipinski definition) is 1. The highest BCUT2D eigenvalue weighted by molar-refractivity contribution is 4.15. The van der Waals surface area contributed by atoms with Gasteiger partial charge in [0.1, 0.15) is 0 Å². The number of rotatable bonds is 2. The minimum Gasteiger partial charge on any atom is -0.385 e. The van der Waals surface area contributed by atoms with Gasteiger partial charge in [0.25, 0.3) is 0 Å². The first-order chi connectivity index (χ1) is 2.41. The summed E-state index contributed by atoms with van der Waals surface area (Å²) in [5.41, 5.74) is 0. The summed E-state index contributed by atoms with van der Waals surface area (Å²) in [4.78, 5) is 0. The van der Waals surface area contributed by atoms with Gasteiger partial charge in [0.15, 0.2) is 0 Å². The minimum absolute atomic E-state index is 0. The lowest BCUT2D eigenvalue weighted by Crippen LogP contribution is -1.80. The van der Waals surface area contributed by atoms with Gasteiger partial charge in [-0.25, -0.2) is 0 Å². The Morgan fingerprint density at radius 3 is 1.71 bits per heavy atom. The van der Waals surface area contributed by atoms with Gasteiger partial charge in [0, 0.05) is 13.7 Å². The zero-order valence-corrected chi connectivity index (χ0v) is 3.82. The van der Waals surface area contributed by atoms with Gasteiger partial charge in [0.2, 0.25) is 0 Å². The molecule has 0 fully saturated rings. The Hall–Kier alpha value is -0.0400. The van der Waals surface area contributed by atoms with Gasteiger partial charge in [-0.1, -0.05) is 21.8 Å². The van der Waals surface area contributed by atoms with E-state index in [-0.39, 0.29) is 14.9 Å². The lowest BCUT2D eigenvalue weighted by Gasteiger charge is -1.84. The highest BCUT2D eigenvalue weighted by atomic mass is 16.5. The Bertz CT molecular complexity index is 11.7. The Morgan fingerprint density at radius 2 is 1.71 bits per heavy atom. The second kappa shape index (κ2) is 16.7. The third kappa shape index (κ3) is 24.3. The van der Waals surface area contributed by atoms with Crippen LogP contribution in [-0.2, 0) is 4.74 Å². The maximum Gasteiger partial charge on any atom is 0.0459 e. The molecule has 1 nitrogen and oxygen atoms in total. The van der Waals surface area contributed by atoms with Crippen LogP contribution >= 0.6 is 0 Å². The molecule has 0 rings (SSSR count). The van der Waals surface area contributed by atoms with Crippen molar-refractivity contribution in [3.63, 3.8) is 0 Å². The van der Waals surface area contributed by atoms with Crippen LogP contribution in [0.5, 0.6) is 0 Å². The zero-order chi connectivity index (χ0) is 4.12. The monoisotopic (exact) mass is 106 g/mol. The largest absolute Gasteiger partial charge is 0.385 e. The first-order valence-corrected chi connectivity index (χ1v) is 1.90. The summed E-state index contributed by atoms with van der Waals surface area (Å²) in [7, 11) is 1.71. The van der Waals surface area contributed by atoms with Gasteiger partial charge >= 0.3 is 0 Å². The SMILES string of the molecule is C.C.CCCOC. The van der Waals surface area contributed by atoms with E-state index in [9.17, 15) is 0 Å². The van der Waals surface area contributed by atoms with E-state index in [2.05, 4.69) is 6.92 Å². The predicted molar refractivity (Wildman–Crippen MR) is 35.6 cm³/mol. The molecule has 1 heteroatoms. The van der Waals surface area contributed by atoms with E-state index in [0.29, 0.717) is 0 Å². The van der Waals surface area contributed by atoms with E-state index in [0.717, 1.165) is 13.0 Å². The first-order valence-electron chi connectivity index (χ1n) is 1.90. The van der Waals surface area contributed by atoms with E-state index in [1.165, 1.54) is 0 Å². The van der Waals surface area contributed by atoms with Crippen molar-refractivity contribution >= 4 is 0 Å². The Balaban J connectivity index is -0.0000000800. The molecule has 0 aromatic carbocycles. The van der Waals surface area contributed by atoms with Crippen LogP contribution in [-0.4, -0.2) is 13.7 Å². The predicted octanol–water partition coefficient (Wildman–Crippen LogP) is 2.32. The van der Waals surface area contributed by atoms with Crippen LogP contribution < -0.4 is 0 Å². The molecule has 0 saturated heterocycles. The molecule has 0 atom stereocenters. The highest BCUT2D eigenvalue weighted by Gasteiger charge is 1.66. The fraction of sp³-hybridized carbons (Fsp3) is 1.00. The van der Waals surface area contributed by atoms with Gasteiger partial charge in [-0.05, 0) is 6.42 Å². The Kier molecular flexibility index (Phi) is 37.7. The Labute approximate surface area is 47.7 Å². The highest BCUT2D eigenvalue weighted by Crippen LogP contribution is 1.70. The Morgan fingerprint density at radius 1 is 1.29 bits per heavy atom. The van der Waals surface area contributed by atoms with Crippen molar-refractivity contribution in [1.82, 2.24) is 0 Å². The van der Waals surface area contributed by atoms with Crippen molar-refractivity contribution in [2.45, 2.75) is 28.2 Å². The molecule has 0 saturated carbocycles. The smallest absolute Gasteiger partial charge is 0.0459 e. The molecule has 0 amide bonds. The van der Waals surface area contributed by atoms with Crippen LogP contribution in [0.15, 0.2) is 0 Å². The summed E-state index contributed by atoms with van der Waals surface area (Å²) in [6.45, 7) is 2.98. The summed E-state index contributed by atoms with van der Waals surface area (Å²) >= 11 is 0. The lowest BCUT2D eigenvalue weighted by molar-refractivity contribution is 0.199. The van der Waals surface area contributed by atoms with Gasteiger partial charge in [-0.3, -0.25) is 0 Å². The summed E-state index contributed by atoms with van der Waals surface area (Å²) in [5, 5.41) is 0. The van der Waals surface area contributed by atoms with Gasteiger partial charge in [-0.2, -0.15) is 0 Å². The second-order valence-corrected chi connectivity index (χ2v) is 0.993. The molecule has 0 bridgehead atoms. The van der Waals surface area contributed by atoms with Gasteiger partial charge in [-0.15, -0.1) is 0 Å². The molecule has 0 aliphatic heterocycles. The quantitative estimate of drug-likeness (QED) is 0.525. The second-order valence-electron chi connectivity index (χ2n) is 0.993. The molecule has 0 spiro atoms. The average molecular weight is 106 g/mol. The average Bonchev–Trinajstić information content (AvgIpc) is 1.41. The molecule has 7 heavy (non-hydrogen) atoms. The summed E-state index contributed by atoms with van der Waals surface area (Å²) in [5.74, 6) is 0. The van der Waals surface area contributed by atoms with E-state index in [1.807, 2.05) is 0 Å². The van der Waals surface area contributed by atoms with E-state index >= 15 is 0 Å². The normalized spacial score (nSPS) is 6.00. The molecular formula is C6H18O. The molecule has 0 heterocycles. The van der Waals surface area contributed by atoms with Crippen LogP contribution in [0, 0.1) is 0 Å². The number of methoxy groups -OCH3 is 1. The molecule has 0 N–H and O–H groups in total. The standard InChI is InChI=1S/C4H10O.2CH4/c1-3-4-5-2;;/h3-4H2,1-2H3;2*1H4. The summed E-state index contributed by atoms with van der Waals surface area (Å²) in [6, 6.07) is 0. The maximum atomic E-state index is 4.69. The van der Waals surface area contributed by atoms with Crippen molar-refractivity contribution in [2.24, 2.45) is 0 Å². The number of hydrogen-bond donors (Lipinski definition) is 0. The van der Waals surface area contributed by atoms with E-state index in [1.54, 1.807) is 7.11 Å². The van der Waals surface area contributed by atoms with Gasteiger partial charge < -0.3 is 4.74 Å². The minimum atomic E-state index is 0. The van der Waals surface area contributed by atoms with Crippen LogP contribution in [0.25, 0.3) is 0 Å². The molecule has 0 aliphatic rings. The molecule has 48 valence electrons. The fourth-order valence-electron chi connectivity index (χ4n) is 0.204. The molecule has 0 aromatic heterocycles. The van der Waals surface area contributed by atoms with Crippen molar-refractivity contribution in [1.29, 1.82) is 0 Å². The van der Waals surface area contributed by atoms with Crippen LogP contribution in [0.2, 0.25) is 0 Å². The maximum absolute atomic E-state index is 4.69. The third-order valence-electron chi connectivity index (χ3n) is 0.408. The fourth-order valence-corrected chi connectivity index (χ4v) is 0.204. The molecular weight excluding hydrogens is 88.1 g/mol. The van der Waals surface area contributed by atoms with E-state index in [4.69, 9.17) is 4.74 Å². The van der Waals surface area contributed by atoms with Gasteiger partial charge in [0.05, 0.1) is 0 Å².